The van der Waals surface area contributed by atoms with Crippen LogP contribution < -0.4 is 10.2 Å². The van der Waals surface area contributed by atoms with Crippen molar-refractivity contribution in [3.05, 3.63) is 40.7 Å². The summed E-state index contributed by atoms with van der Waals surface area (Å²) in [5.74, 6) is 0.627. The fourth-order valence-electron chi connectivity index (χ4n) is 3.10. The molecule has 1 aliphatic rings. The van der Waals surface area contributed by atoms with Crippen molar-refractivity contribution in [1.29, 1.82) is 0 Å². The van der Waals surface area contributed by atoms with E-state index >= 15 is 0 Å². The van der Waals surface area contributed by atoms with Gasteiger partial charge in [-0.05, 0) is 38.1 Å². The highest BCUT2D eigenvalue weighted by Gasteiger charge is 2.24. The van der Waals surface area contributed by atoms with E-state index in [1.165, 1.54) is 0 Å². The zero-order valence-electron chi connectivity index (χ0n) is 12.0. The standard InChI is InChI=1S/C15H18N4O2/c1-16-8-11-5-7-18(10-11)14-2-3-15(19(20)21)13-9-17-6-4-12(13)14/h2-4,6,9,11,16H,5,7-8,10H2,1H3. The molecule has 3 rings (SSSR count). The second-order valence-electron chi connectivity index (χ2n) is 5.44. The molecule has 1 aromatic carbocycles. The zero-order valence-corrected chi connectivity index (χ0v) is 12.0. The van der Waals surface area contributed by atoms with Crippen molar-refractivity contribution in [3.8, 4) is 0 Å². The molecule has 0 radical (unpaired) electrons. The van der Waals surface area contributed by atoms with Crippen molar-refractivity contribution < 1.29 is 4.92 Å². The number of nitrogens with zero attached hydrogens (tertiary/aromatic N) is 3. The summed E-state index contributed by atoms with van der Waals surface area (Å²) in [4.78, 5) is 17.1. The average molecular weight is 286 g/mol. The van der Waals surface area contributed by atoms with Crippen molar-refractivity contribution in [3.63, 3.8) is 0 Å². The van der Waals surface area contributed by atoms with Gasteiger partial charge in [-0.15, -0.1) is 0 Å². The van der Waals surface area contributed by atoms with Crippen LogP contribution in [0.3, 0.4) is 0 Å². The Hall–Kier alpha value is -2.21. The van der Waals surface area contributed by atoms with Crippen LogP contribution in [0, 0.1) is 16.0 Å². The lowest BCUT2D eigenvalue weighted by Gasteiger charge is -2.20. The zero-order chi connectivity index (χ0) is 14.8. The summed E-state index contributed by atoms with van der Waals surface area (Å²) >= 11 is 0. The number of hydrogen-bond donors (Lipinski definition) is 1. The number of fused-ring (bicyclic) bond motifs is 1. The first-order chi connectivity index (χ1) is 10.2. The minimum Gasteiger partial charge on any atom is -0.371 e. The van der Waals surface area contributed by atoms with Crippen LogP contribution >= 0.6 is 0 Å². The lowest BCUT2D eigenvalue weighted by Crippen LogP contribution is -2.24. The number of non-ortho nitro benzene ring substituents is 1. The van der Waals surface area contributed by atoms with Crippen LogP contribution in [0.4, 0.5) is 11.4 Å². The molecule has 1 saturated heterocycles. The van der Waals surface area contributed by atoms with E-state index < -0.39 is 0 Å². The molecule has 0 spiro atoms. The van der Waals surface area contributed by atoms with Crippen LogP contribution in [-0.4, -0.2) is 36.6 Å². The van der Waals surface area contributed by atoms with Gasteiger partial charge in [-0.2, -0.15) is 0 Å². The average Bonchev–Trinajstić information content (AvgIpc) is 2.94. The molecule has 1 atom stereocenters. The molecular formula is C15H18N4O2. The second kappa shape index (κ2) is 5.65. The number of hydrogen-bond acceptors (Lipinski definition) is 5. The van der Waals surface area contributed by atoms with Gasteiger partial charge in [0.2, 0.25) is 0 Å². The molecule has 6 nitrogen and oxygen atoms in total. The highest BCUT2D eigenvalue weighted by molar-refractivity contribution is 5.99. The molecule has 1 unspecified atom stereocenters. The van der Waals surface area contributed by atoms with Gasteiger partial charge in [-0.3, -0.25) is 15.1 Å². The van der Waals surface area contributed by atoms with Crippen molar-refractivity contribution in [2.45, 2.75) is 6.42 Å². The number of anilines is 1. The molecule has 2 heterocycles. The summed E-state index contributed by atoms with van der Waals surface area (Å²) in [6, 6.07) is 5.32. The normalized spacial score (nSPS) is 18.3. The van der Waals surface area contributed by atoms with E-state index in [2.05, 4.69) is 15.2 Å². The molecule has 2 aromatic rings. The number of pyridine rings is 1. The summed E-state index contributed by atoms with van der Waals surface area (Å²) in [5, 5.41) is 15.9. The number of benzene rings is 1. The summed E-state index contributed by atoms with van der Waals surface area (Å²) in [5.41, 5.74) is 1.18. The minimum atomic E-state index is -0.346. The molecule has 1 fully saturated rings. The molecule has 1 aromatic heterocycles. The Morgan fingerprint density at radius 3 is 3.05 bits per heavy atom. The first-order valence-electron chi connectivity index (χ1n) is 7.11. The van der Waals surface area contributed by atoms with E-state index in [4.69, 9.17) is 0 Å². The topological polar surface area (TPSA) is 71.3 Å². The van der Waals surface area contributed by atoms with Crippen LogP contribution in [0.1, 0.15) is 6.42 Å². The van der Waals surface area contributed by atoms with E-state index in [0.717, 1.165) is 37.1 Å². The van der Waals surface area contributed by atoms with Gasteiger partial charge in [0.05, 0.1) is 10.3 Å². The predicted molar refractivity (Wildman–Crippen MR) is 82.6 cm³/mol. The SMILES string of the molecule is CNCC1CCN(c2ccc([N+](=O)[O-])c3cnccc23)C1. The summed E-state index contributed by atoms with van der Waals surface area (Å²) in [6.07, 6.45) is 4.42. The smallest absolute Gasteiger partial charge is 0.278 e. The minimum absolute atomic E-state index is 0.118. The molecule has 0 aliphatic carbocycles. The lowest BCUT2D eigenvalue weighted by atomic mass is 10.1. The first kappa shape index (κ1) is 13.8. The number of nitro groups is 1. The van der Waals surface area contributed by atoms with Gasteiger partial charge in [0.1, 0.15) is 0 Å². The quantitative estimate of drug-likeness (QED) is 0.689. The molecule has 21 heavy (non-hydrogen) atoms. The predicted octanol–water partition coefficient (Wildman–Crippen LogP) is 2.19. The third kappa shape index (κ3) is 2.54. The third-order valence-electron chi connectivity index (χ3n) is 4.09. The number of nitrogens with one attached hydrogen (secondary N) is 1. The molecule has 0 saturated carbocycles. The van der Waals surface area contributed by atoms with Gasteiger partial charge in [-0.1, -0.05) is 0 Å². The summed E-state index contributed by atoms with van der Waals surface area (Å²) in [6.45, 7) is 2.97. The Balaban J connectivity index is 2.01. The highest BCUT2D eigenvalue weighted by atomic mass is 16.6. The molecule has 0 amide bonds. The van der Waals surface area contributed by atoms with E-state index in [1.807, 2.05) is 19.2 Å². The monoisotopic (exact) mass is 286 g/mol. The van der Waals surface area contributed by atoms with Gasteiger partial charge in [0, 0.05) is 42.6 Å². The van der Waals surface area contributed by atoms with E-state index in [9.17, 15) is 10.1 Å². The first-order valence-corrected chi connectivity index (χ1v) is 7.11. The summed E-state index contributed by atoms with van der Waals surface area (Å²) in [7, 11) is 1.97. The van der Waals surface area contributed by atoms with Crippen LogP contribution in [0.2, 0.25) is 0 Å². The summed E-state index contributed by atoms with van der Waals surface area (Å²) < 4.78 is 0. The third-order valence-corrected chi connectivity index (χ3v) is 4.09. The largest absolute Gasteiger partial charge is 0.371 e. The van der Waals surface area contributed by atoms with Crippen LogP contribution in [0.5, 0.6) is 0 Å². The van der Waals surface area contributed by atoms with E-state index in [1.54, 1.807) is 18.5 Å². The Morgan fingerprint density at radius 2 is 2.29 bits per heavy atom. The maximum Gasteiger partial charge on any atom is 0.278 e. The maximum absolute atomic E-state index is 11.1. The molecule has 1 N–H and O–H groups in total. The number of aromatic nitrogens is 1. The Kier molecular flexibility index (Phi) is 3.70. The molecule has 110 valence electrons. The fraction of sp³-hybridized carbons (Fsp3) is 0.400. The van der Waals surface area contributed by atoms with Gasteiger partial charge < -0.3 is 10.2 Å². The van der Waals surface area contributed by atoms with Crippen LogP contribution in [0.25, 0.3) is 10.8 Å². The molecule has 0 bridgehead atoms. The Bertz CT molecular complexity index is 674. The second-order valence-corrected chi connectivity index (χ2v) is 5.44. The van der Waals surface area contributed by atoms with E-state index in [-0.39, 0.29) is 10.6 Å². The molecular weight excluding hydrogens is 268 g/mol. The van der Waals surface area contributed by atoms with Gasteiger partial charge in [-0.25, -0.2) is 0 Å². The Morgan fingerprint density at radius 1 is 1.43 bits per heavy atom. The van der Waals surface area contributed by atoms with Crippen LogP contribution in [0.15, 0.2) is 30.6 Å². The van der Waals surface area contributed by atoms with Gasteiger partial charge in [0.15, 0.2) is 0 Å². The van der Waals surface area contributed by atoms with Crippen molar-refractivity contribution in [2.75, 3.05) is 31.6 Å². The van der Waals surface area contributed by atoms with Crippen LogP contribution in [-0.2, 0) is 0 Å². The highest BCUT2D eigenvalue weighted by Crippen LogP contribution is 2.35. The van der Waals surface area contributed by atoms with E-state index in [0.29, 0.717) is 11.3 Å². The van der Waals surface area contributed by atoms with Gasteiger partial charge in [0.25, 0.3) is 5.69 Å². The van der Waals surface area contributed by atoms with Crippen molar-refractivity contribution >= 4 is 22.1 Å². The Labute approximate surface area is 122 Å². The number of nitro benzene ring substituents is 1. The maximum atomic E-state index is 11.1. The number of rotatable bonds is 4. The molecule has 1 aliphatic heterocycles. The molecule has 6 heteroatoms. The fourth-order valence-corrected chi connectivity index (χ4v) is 3.10. The van der Waals surface area contributed by atoms with Gasteiger partial charge >= 0.3 is 0 Å². The lowest BCUT2D eigenvalue weighted by molar-refractivity contribution is -0.383. The van der Waals surface area contributed by atoms with Crippen molar-refractivity contribution in [1.82, 2.24) is 10.3 Å². The van der Waals surface area contributed by atoms with Crippen molar-refractivity contribution in [2.24, 2.45) is 5.92 Å².